The van der Waals surface area contributed by atoms with Crippen molar-refractivity contribution in [1.29, 1.82) is 0 Å². The smallest absolute Gasteiger partial charge is 0.408 e. The van der Waals surface area contributed by atoms with Crippen molar-refractivity contribution in [3.8, 4) is 17.6 Å². The standard InChI is InChI=1S/C21H31N3O3/c1-15(2)23-19(22-6)13-10-17(24-20(25)27-21(3,4)5)14-16-8-11-18(26-7)12-9-16/h8-9,11-12,15,17H,14H2,1-7H3,(H,22,23)(H,24,25)/t17-/m1/s1. The van der Waals surface area contributed by atoms with Crippen LogP contribution < -0.4 is 15.4 Å². The molecule has 27 heavy (non-hydrogen) atoms. The van der Waals surface area contributed by atoms with E-state index in [-0.39, 0.29) is 6.04 Å². The van der Waals surface area contributed by atoms with Gasteiger partial charge in [-0.25, -0.2) is 4.79 Å². The molecular formula is C21H31N3O3. The van der Waals surface area contributed by atoms with Crippen molar-refractivity contribution in [2.24, 2.45) is 4.99 Å². The van der Waals surface area contributed by atoms with E-state index in [1.54, 1.807) is 14.2 Å². The highest BCUT2D eigenvalue weighted by Gasteiger charge is 2.19. The quantitative estimate of drug-likeness (QED) is 0.472. The fourth-order valence-corrected chi connectivity index (χ4v) is 2.17. The lowest BCUT2D eigenvalue weighted by Gasteiger charge is -2.21. The number of carbonyl (C=O) groups excluding carboxylic acids is 1. The van der Waals surface area contributed by atoms with E-state index >= 15 is 0 Å². The molecule has 0 aromatic heterocycles. The van der Waals surface area contributed by atoms with Crippen LogP contribution in [0, 0.1) is 11.8 Å². The first kappa shape index (κ1) is 22.4. The van der Waals surface area contributed by atoms with Gasteiger partial charge in [0, 0.05) is 19.5 Å². The lowest BCUT2D eigenvalue weighted by atomic mass is 10.1. The number of aliphatic imine (C=N–C) groups is 1. The van der Waals surface area contributed by atoms with Crippen LogP contribution in [0.2, 0.25) is 0 Å². The molecule has 6 nitrogen and oxygen atoms in total. The number of nitrogens with zero attached hydrogens (tertiary/aromatic N) is 1. The van der Waals surface area contributed by atoms with Crippen molar-refractivity contribution in [3.05, 3.63) is 29.8 Å². The van der Waals surface area contributed by atoms with Gasteiger partial charge in [0.25, 0.3) is 0 Å². The minimum atomic E-state index is -0.572. The minimum absolute atomic E-state index is 0.219. The van der Waals surface area contributed by atoms with Gasteiger partial charge in [-0.05, 0) is 58.2 Å². The van der Waals surface area contributed by atoms with Gasteiger partial charge in [0.1, 0.15) is 11.4 Å². The van der Waals surface area contributed by atoms with Crippen LogP contribution in [-0.4, -0.2) is 43.8 Å². The van der Waals surface area contributed by atoms with E-state index in [2.05, 4.69) is 27.5 Å². The summed E-state index contributed by atoms with van der Waals surface area (Å²) in [5, 5.41) is 6.01. The fourth-order valence-electron chi connectivity index (χ4n) is 2.17. The summed E-state index contributed by atoms with van der Waals surface area (Å²) < 4.78 is 10.5. The third-order valence-corrected chi connectivity index (χ3v) is 3.30. The van der Waals surface area contributed by atoms with E-state index < -0.39 is 17.7 Å². The van der Waals surface area contributed by atoms with Gasteiger partial charge in [-0.3, -0.25) is 4.99 Å². The lowest BCUT2D eigenvalue weighted by molar-refractivity contribution is 0.0516. The second-order valence-electron chi connectivity index (χ2n) is 7.39. The predicted octanol–water partition coefficient (Wildman–Crippen LogP) is 3.16. The third kappa shape index (κ3) is 9.55. The summed E-state index contributed by atoms with van der Waals surface area (Å²) in [4.78, 5) is 16.3. The van der Waals surface area contributed by atoms with E-state index in [1.807, 2.05) is 58.9 Å². The molecule has 0 radical (unpaired) electrons. The number of amidine groups is 1. The normalized spacial score (nSPS) is 12.7. The van der Waals surface area contributed by atoms with E-state index in [0.29, 0.717) is 12.3 Å². The van der Waals surface area contributed by atoms with Crippen LogP contribution in [-0.2, 0) is 11.2 Å². The summed E-state index contributed by atoms with van der Waals surface area (Å²) in [5.74, 6) is 7.45. The maximum atomic E-state index is 12.2. The Labute approximate surface area is 162 Å². The first-order valence-corrected chi connectivity index (χ1v) is 9.00. The van der Waals surface area contributed by atoms with Crippen molar-refractivity contribution in [1.82, 2.24) is 10.6 Å². The zero-order valence-corrected chi connectivity index (χ0v) is 17.3. The maximum absolute atomic E-state index is 12.2. The number of carbonyl (C=O) groups is 1. The zero-order valence-electron chi connectivity index (χ0n) is 17.3. The third-order valence-electron chi connectivity index (χ3n) is 3.30. The Morgan fingerprint density at radius 3 is 2.30 bits per heavy atom. The van der Waals surface area contributed by atoms with E-state index in [9.17, 15) is 4.79 Å². The SMILES string of the molecule is CN=C(C#C[C@H](Cc1ccc(OC)cc1)NC(=O)OC(C)(C)C)NC(C)C. The number of alkyl carbamates (subject to hydrolysis) is 1. The molecule has 1 atom stereocenters. The molecule has 0 saturated carbocycles. The Balaban J connectivity index is 2.95. The van der Waals surface area contributed by atoms with Gasteiger partial charge in [0.15, 0.2) is 5.84 Å². The Morgan fingerprint density at radius 1 is 1.19 bits per heavy atom. The average Bonchev–Trinajstić information content (AvgIpc) is 2.57. The topological polar surface area (TPSA) is 72.0 Å². The molecule has 1 rings (SSSR count). The molecule has 6 heteroatoms. The molecule has 0 unspecified atom stereocenters. The van der Waals surface area contributed by atoms with Crippen LogP contribution in [0.5, 0.6) is 5.75 Å². The summed E-state index contributed by atoms with van der Waals surface area (Å²) in [6.07, 6.45) is 0.0386. The van der Waals surface area contributed by atoms with Gasteiger partial charge in [0.2, 0.25) is 0 Å². The molecule has 0 aliphatic rings. The highest BCUT2D eigenvalue weighted by molar-refractivity contribution is 5.98. The number of benzene rings is 1. The number of amides is 1. The van der Waals surface area contributed by atoms with Crippen LogP contribution in [0.1, 0.15) is 40.2 Å². The highest BCUT2D eigenvalue weighted by Crippen LogP contribution is 2.13. The number of nitrogens with one attached hydrogen (secondary N) is 2. The summed E-state index contributed by atoms with van der Waals surface area (Å²) in [6.45, 7) is 9.50. The minimum Gasteiger partial charge on any atom is -0.497 e. The summed E-state index contributed by atoms with van der Waals surface area (Å²) in [7, 11) is 3.31. The molecule has 2 N–H and O–H groups in total. The summed E-state index contributed by atoms with van der Waals surface area (Å²) >= 11 is 0. The van der Waals surface area contributed by atoms with E-state index in [1.165, 1.54) is 0 Å². The van der Waals surface area contributed by atoms with Gasteiger partial charge in [0.05, 0.1) is 13.2 Å². The summed E-state index contributed by atoms with van der Waals surface area (Å²) in [5.41, 5.74) is 0.454. The maximum Gasteiger partial charge on any atom is 0.408 e. The number of ether oxygens (including phenoxy) is 2. The molecule has 0 saturated heterocycles. The second-order valence-corrected chi connectivity index (χ2v) is 7.39. The fraction of sp³-hybridized carbons (Fsp3) is 0.524. The van der Waals surface area contributed by atoms with Gasteiger partial charge in [-0.1, -0.05) is 18.1 Å². The zero-order chi connectivity index (χ0) is 20.4. The average molecular weight is 373 g/mol. The highest BCUT2D eigenvalue weighted by atomic mass is 16.6. The molecule has 0 aliphatic carbocycles. The van der Waals surface area contributed by atoms with E-state index in [0.717, 1.165) is 11.3 Å². The van der Waals surface area contributed by atoms with Crippen molar-refractivity contribution < 1.29 is 14.3 Å². The van der Waals surface area contributed by atoms with Crippen LogP contribution in [0.4, 0.5) is 4.79 Å². The van der Waals surface area contributed by atoms with Gasteiger partial charge >= 0.3 is 6.09 Å². The number of rotatable bonds is 5. The van der Waals surface area contributed by atoms with E-state index in [4.69, 9.17) is 9.47 Å². The molecular weight excluding hydrogens is 342 g/mol. The molecule has 0 spiro atoms. The van der Waals surface area contributed by atoms with Crippen LogP contribution in [0.15, 0.2) is 29.3 Å². The summed E-state index contributed by atoms with van der Waals surface area (Å²) in [6, 6.07) is 7.46. The molecule has 0 fully saturated rings. The van der Waals surface area contributed by atoms with Crippen molar-refractivity contribution in [2.75, 3.05) is 14.2 Å². The Kier molecular flexibility index (Phi) is 8.67. The van der Waals surface area contributed by atoms with Gasteiger partial charge < -0.3 is 20.1 Å². The molecule has 0 bridgehead atoms. The molecule has 1 amide bonds. The Morgan fingerprint density at radius 2 is 1.81 bits per heavy atom. The predicted molar refractivity (Wildman–Crippen MR) is 109 cm³/mol. The second kappa shape index (κ2) is 10.5. The van der Waals surface area contributed by atoms with Crippen molar-refractivity contribution in [2.45, 2.75) is 58.7 Å². The van der Waals surface area contributed by atoms with Crippen LogP contribution in [0.3, 0.4) is 0 Å². The van der Waals surface area contributed by atoms with Crippen LogP contribution >= 0.6 is 0 Å². The number of hydrogen-bond acceptors (Lipinski definition) is 4. The van der Waals surface area contributed by atoms with Crippen molar-refractivity contribution in [3.63, 3.8) is 0 Å². The molecule has 1 aromatic carbocycles. The molecule has 1 aromatic rings. The lowest BCUT2D eigenvalue weighted by Crippen LogP contribution is -2.40. The molecule has 148 valence electrons. The van der Waals surface area contributed by atoms with Crippen molar-refractivity contribution >= 4 is 11.9 Å². The largest absolute Gasteiger partial charge is 0.497 e. The monoisotopic (exact) mass is 373 g/mol. The molecule has 0 heterocycles. The Bertz CT molecular complexity index is 692. The first-order chi connectivity index (χ1) is 12.6. The van der Waals surface area contributed by atoms with Gasteiger partial charge in [-0.2, -0.15) is 0 Å². The molecule has 0 aliphatic heterocycles. The van der Waals surface area contributed by atoms with Gasteiger partial charge in [-0.15, -0.1) is 0 Å². The number of hydrogen-bond donors (Lipinski definition) is 2. The Hall–Kier alpha value is -2.68. The van der Waals surface area contributed by atoms with Crippen LogP contribution in [0.25, 0.3) is 0 Å². The first-order valence-electron chi connectivity index (χ1n) is 9.00. The number of methoxy groups -OCH3 is 1.